The lowest BCUT2D eigenvalue weighted by Gasteiger charge is -2.45. The fourth-order valence-corrected chi connectivity index (χ4v) is 5.49. The van der Waals surface area contributed by atoms with Crippen molar-refractivity contribution in [3.63, 3.8) is 0 Å². The highest BCUT2D eigenvalue weighted by atomic mass is 35.5. The second-order valence-corrected chi connectivity index (χ2v) is 9.67. The van der Waals surface area contributed by atoms with Crippen LogP contribution in [-0.2, 0) is 11.2 Å². The van der Waals surface area contributed by atoms with Gasteiger partial charge in [-0.3, -0.25) is 4.79 Å². The van der Waals surface area contributed by atoms with Crippen molar-refractivity contribution < 1.29 is 9.53 Å². The zero-order valence-electron chi connectivity index (χ0n) is 18.8. The zero-order chi connectivity index (χ0) is 20.7. The molecule has 1 amide bonds. The summed E-state index contributed by atoms with van der Waals surface area (Å²) in [5, 5.41) is 7.22. The van der Waals surface area contributed by atoms with Gasteiger partial charge in [0.15, 0.2) is 0 Å². The molecule has 2 N–H and O–H groups in total. The molecule has 3 rings (SSSR count). The molecule has 2 fully saturated rings. The summed E-state index contributed by atoms with van der Waals surface area (Å²) in [6, 6.07) is 6.22. The molecule has 2 aliphatic carbocycles. The van der Waals surface area contributed by atoms with Crippen molar-refractivity contribution >= 4 is 17.5 Å². The average Bonchev–Trinajstić information content (AvgIpc) is 2.71. The second kappa shape index (κ2) is 12.1. The van der Waals surface area contributed by atoms with Gasteiger partial charge >= 0.3 is 0 Å². The molecule has 30 heavy (non-hydrogen) atoms. The highest BCUT2D eigenvalue weighted by Gasteiger charge is 2.39. The van der Waals surface area contributed by atoms with E-state index in [2.05, 4.69) is 17.6 Å². The first-order valence-corrected chi connectivity index (χ1v) is 11.7. The lowest BCUT2D eigenvalue weighted by atomic mass is 9.62. The number of halogens is 1. The number of carbonyl (C=O) groups excluding carboxylic acids is 1. The molecule has 1 aromatic carbocycles. The van der Waals surface area contributed by atoms with Crippen molar-refractivity contribution in [2.24, 2.45) is 11.3 Å². The molecular formula is C25H39ClN2O2. The number of amides is 1. The van der Waals surface area contributed by atoms with Crippen LogP contribution in [0.3, 0.4) is 0 Å². The summed E-state index contributed by atoms with van der Waals surface area (Å²) < 4.78 is 5.14. The molecule has 0 aromatic heterocycles. The van der Waals surface area contributed by atoms with E-state index in [-0.39, 0.29) is 13.3 Å². The predicted molar refractivity (Wildman–Crippen MR) is 125 cm³/mol. The number of hydrogen-bond acceptors (Lipinski definition) is 3. The van der Waals surface area contributed by atoms with Gasteiger partial charge in [-0.15, -0.1) is 0 Å². The summed E-state index contributed by atoms with van der Waals surface area (Å²) in [5.74, 6) is 0.854. The summed E-state index contributed by atoms with van der Waals surface area (Å²) in [6.07, 6.45) is 11.1. The van der Waals surface area contributed by atoms with Crippen molar-refractivity contribution in [2.75, 3.05) is 26.8 Å². The maximum absolute atomic E-state index is 12.9. The Morgan fingerprint density at radius 2 is 2.03 bits per heavy atom. The number of fused-ring (bicyclic) bond motifs is 2. The van der Waals surface area contributed by atoms with Crippen LogP contribution < -0.4 is 10.6 Å². The van der Waals surface area contributed by atoms with Crippen LogP contribution in [0.25, 0.3) is 0 Å². The van der Waals surface area contributed by atoms with Gasteiger partial charge in [0.2, 0.25) is 0 Å². The molecule has 2 radical (unpaired) electrons. The number of rotatable bonds is 10. The van der Waals surface area contributed by atoms with Gasteiger partial charge in [0.25, 0.3) is 5.91 Å². The van der Waals surface area contributed by atoms with E-state index in [1.54, 1.807) is 7.11 Å². The highest BCUT2D eigenvalue weighted by molar-refractivity contribution is 6.33. The van der Waals surface area contributed by atoms with E-state index in [0.29, 0.717) is 28.6 Å². The number of hydrogen-bond donors (Lipinski definition) is 2. The number of ether oxygens (including phenoxy) is 1. The van der Waals surface area contributed by atoms with E-state index in [0.717, 1.165) is 37.4 Å². The molecule has 0 spiro atoms. The zero-order valence-corrected chi connectivity index (χ0v) is 19.5. The van der Waals surface area contributed by atoms with Gasteiger partial charge in [0, 0.05) is 19.7 Å². The van der Waals surface area contributed by atoms with Crippen LogP contribution in [0.5, 0.6) is 0 Å². The number of nitrogens with one attached hydrogen (secondary N) is 2. The van der Waals surface area contributed by atoms with E-state index in [9.17, 15) is 4.79 Å². The molecule has 2 aliphatic rings. The van der Waals surface area contributed by atoms with E-state index in [1.165, 1.54) is 44.9 Å². The first-order chi connectivity index (χ1) is 14.0. The summed E-state index contributed by atoms with van der Waals surface area (Å²) in [7, 11) is 1.72. The highest BCUT2D eigenvalue weighted by Crippen LogP contribution is 2.48. The molecule has 0 heterocycles. The third-order valence-corrected chi connectivity index (χ3v) is 7.14. The molecule has 4 nitrogen and oxygen atoms in total. The number of benzene rings is 1. The molecular weight excluding hydrogens is 396 g/mol. The minimum atomic E-state index is -0.0224. The first-order valence-electron chi connectivity index (χ1n) is 11.3. The minimum absolute atomic E-state index is 0. The fraction of sp³-hybridized carbons (Fsp3) is 0.680. The largest absolute Gasteiger partial charge is 0.383 e. The molecule has 0 aliphatic heterocycles. The molecule has 2 saturated carbocycles. The third-order valence-electron chi connectivity index (χ3n) is 6.81. The van der Waals surface area contributed by atoms with E-state index < -0.39 is 0 Å². The number of carbonyl (C=O) groups is 1. The second-order valence-electron chi connectivity index (χ2n) is 9.27. The Hall–Kier alpha value is -1.10. The Kier molecular flexibility index (Phi) is 10.1. The summed E-state index contributed by atoms with van der Waals surface area (Å²) >= 11 is 6.37. The molecule has 1 unspecified atom stereocenters. The maximum atomic E-state index is 12.9. The van der Waals surface area contributed by atoms with Gasteiger partial charge in [-0.2, -0.15) is 0 Å². The van der Waals surface area contributed by atoms with Crippen LogP contribution in [-0.4, -0.2) is 38.8 Å². The van der Waals surface area contributed by atoms with Gasteiger partial charge < -0.3 is 15.4 Å². The Labute approximate surface area is 188 Å². The Balaban J connectivity index is 0.00000320. The first kappa shape index (κ1) is 25.2. The van der Waals surface area contributed by atoms with Crippen LogP contribution in [0, 0.1) is 18.8 Å². The van der Waals surface area contributed by atoms with Crippen molar-refractivity contribution in [1.29, 1.82) is 0 Å². The van der Waals surface area contributed by atoms with E-state index >= 15 is 0 Å². The van der Waals surface area contributed by atoms with Crippen LogP contribution in [0.2, 0.25) is 5.02 Å². The molecule has 1 aromatic rings. The smallest absolute Gasteiger partial charge is 0.252 e. The van der Waals surface area contributed by atoms with Crippen LogP contribution in [0.15, 0.2) is 18.2 Å². The van der Waals surface area contributed by atoms with Crippen LogP contribution in [0.4, 0.5) is 0 Å². The number of methoxy groups -OCH3 is 1. The quantitative estimate of drug-likeness (QED) is 0.490. The molecule has 168 valence electrons. The molecule has 1 atom stereocenters. The van der Waals surface area contributed by atoms with Crippen molar-refractivity contribution in [3.8, 4) is 0 Å². The topological polar surface area (TPSA) is 50.4 Å². The lowest BCUT2D eigenvalue weighted by molar-refractivity contribution is 0.0682. The van der Waals surface area contributed by atoms with Gasteiger partial charge in [0.05, 0.1) is 17.2 Å². The van der Waals surface area contributed by atoms with Crippen molar-refractivity contribution in [2.45, 2.75) is 70.8 Å². The monoisotopic (exact) mass is 434 g/mol. The normalized spacial score (nSPS) is 24.0. The van der Waals surface area contributed by atoms with Crippen LogP contribution in [0.1, 0.15) is 74.2 Å². The Morgan fingerprint density at radius 3 is 2.73 bits per heavy atom. The minimum Gasteiger partial charge on any atom is -0.383 e. The predicted octanol–water partition coefficient (Wildman–Crippen LogP) is 5.31. The van der Waals surface area contributed by atoms with Gasteiger partial charge in [0.1, 0.15) is 0 Å². The molecule has 2 bridgehead atoms. The van der Waals surface area contributed by atoms with Crippen molar-refractivity contribution in [1.82, 2.24) is 10.6 Å². The number of aryl methyl sites for hydroxylation is 1. The summed E-state index contributed by atoms with van der Waals surface area (Å²) in [4.78, 5) is 12.9. The van der Waals surface area contributed by atoms with E-state index in [1.807, 2.05) is 18.2 Å². The van der Waals surface area contributed by atoms with E-state index in [4.69, 9.17) is 16.3 Å². The Morgan fingerprint density at radius 1 is 1.30 bits per heavy atom. The Bertz CT molecular complexity index is 669. The lowest BCUT2D eigenvalue weighted by Crippen LogP contribution is -2.43. The average molecular weight is 435 g/mol. The maximum Gasteiger partial charge on any atom is 0.252 e. The fourth-order valence-electron chi connectivity index (χ4n) is 5.29. The molecule has 5 heteroatoms. The summed E-state index contributed by atoms with van der Waals surface area (Å²) in [5.41, 5.74) is 2.10. The van der Waals surface area contributed by atoms with Crippen molar-refractivity contribution in [3.05, 3.63) is 41.8 Å². The molecule has 0 saturated heterocycles. The SMILES string of the molecule is COCC(C)NCCCc1ccc(Cl)c(C(=O)NCC23CCCC(CCC2)C3)c1.[CH2]. The van der Waals surface area contributed by atoms with Gasteiger partial charge in [-0.05, 0) is 74.6 Å². The standard InChI is InChI=1S/C24H37ClN2O2.CH2/c1-18(16-29-2)26-13-5-8-19-9-10-22(25)21(14-19)23(28)27-17-24-11-3-6-20(15-24)7-4-12-24;/h9-10,14,18,20,26H,3-8,11-13,15-17H2,1-2H3,(H,27,28);1H2. The van der Waals surface area contributed by atoms with Crippen LogP contribution >= 0.6 is 11.6 Å². The summed E-state index contributed by atoms with van der Waals surface area (Å²) in [6.45, 7) is 4.56. The van der Waals surface area contributed by atoms with Gasteiger partial charge in [-0.1, -0.05) is 50.8 Å². The third kappa shape index (κ3) is 6.96. The van der Waals surface area contributed by atoms with Gasteiger partial charge in [-0.25, -0.2) is 0 Å².